The van der Waals surface area contributed by atoms with Crippen LogP contribution in [0.1, 0.15) is 39.0 Å². The zero-order valence-corrected chi connectivity index (χ0v) is 12.2. The number of anilines is 2. The van der Waals surface area contributed by atoms with Crippen molar-refractivity contribution in [2.24, 2.45) is 5.92 Å². The molecular weight excluding hydrogens is 254 g/mol. The first-order valence-electron chi connectivity index (χ1n) is 7.16. The first-order valence-corrected chi connectivity index (χ1v) is 8.04. The van der Waals surface area contributed by atoms with Gasteiger partial charge in [-0.05, 0) is 43.7 Å². The van der Waals surface area contributed by atoms with E-state index in [0.29, 0.717) is 6.04 Å². The maximum Gasteiger partial charge on any atom is 0.106 e. The molecule has 2 aromatic rings. The molecular formula is C15H21N3S. The third-order valence-electron chi connectivity index (χ3n) is 4.33. The Balaban J connectivity index is 1.73. The highest BCUT2D eigenvalue weighted by atomic mass is 32.1. The molecule has 1 aliphatic rings. The van der Waals surface area contributed by atoms with Crippen molar-refractivity contribution in [1.82, 2.24) is 4.98 Å². The summed E-state index contributed by atoms with van der Waals surface area (Å²) in [7, 11) is 0. The van der Waals surface area contributed by atoms with Crippen molar-refractivity contribution in [1.29, 1.82) is 0 Å². The van der Waals surface area contributed by atoms with Gasteiger partial charge in [0.1, 0.15) is 5.52 Å². The van der Waals surface area contributed by atoms with Gasteiger partial charge >= 0.3 is 0 Å². The quantitative estimate of drug-likeness (QED) is 0.823. The second-order valence-corrected chi connectivity index (χ2v) is 6.38. The van der Waals surface area contributed by atoms with Crippen molar-refractivity contribution < 1.29 is 0 Å². The normalized spacial score (nSPS) is 23.6. The van der Waals surface area contributed by atoms with E-state index in [0.717, 1.165) is 27.5 Å². The van der Waals surface area contributed by atoms with Crippen molar-refractivity contribution in [3.63, 3.8) is 0 Å². The van der Waals surface area contributed by atoms with Gasteiger partial charge in [0, 0.05) is 6.04 Å². The number of nitrogens with zero attached hydrogens (tertiary/aromatic N) is 1. The Bertz CT molecular complexity index is 556. The number of benzene rings is 1. The minimum atomic E-state index is 0.571. The lowest BCUT2D eigenvalue weighted by Gasteiger charge is -2.29. The Morgan fingerprint density at radius 2 is 2.11 bits per heavy atom. The molecule has 0 aliphatic heterocycles. The molecule has 4 heteroatoms. The van der Waals surface area contributed by atoms with Crippen molar-refractivity contribution >= 4 is 32.9 Å². The minimum absolute atomic E-state index is 0.571. The largest absolute Gasteiger partial charge is 0.395 e. The summed E-state index contributed by atoms with van der Waals surface area (Å²) in [5, 5.41) is 3.62. The first-order chi connectivity index (χ1) is 9.28. The standard InChI is InChI=1S/C15H21N3S/c1-2-10-3-5-11(6-4-10)18-12-7-8-13-15(14(12)16)17-9-19-13/h7-11,18H,2-6,16H2,1H3. The van der Waals surface area contributed by atoms with Gasteiger partial charge in [-0.15, -0.1) is 11.3 Å². The van der Waals surface area contributed by atoms with Gasteiger partial charge in [-0.3, -0.25) is 0 Å². The van der Waals surface area contributed by atoms with Crippen LogP contribution in [0.4, 0.5) is 11.4 Å². The van der Waals surface area contributed by atoms with Crippen molar-refractivity contribution in [2.45, 2.75) is 45.1 Å². The fourth-order valence-electron chi connectivity index (χ4n) is 3.01. The van der Waals surface area contributed by atoms with Crippen LogP contribution in [0.3, 0.4) is 0 Å². The molecule has 1 aromatic heterocycles. The summed E-state index contributed by atoms with van der Waals surface area (Å²) >= 11 is 1.64. The summed E-state index contributed by atoms with van der Waals surface area (Å²) in [6.45, 7) is 2.30. The Labute approximate surface area is 118 Å². The molecule has 3 nitrogen and oxygen atoms in total. The Kier molecular flexibility index (Phi) is 3.60. The Hall–Kier alpha value is -1.29. The highest BCUT2D eigenvalue weighted by molar-refractivity contribution is 7.16. The lowest BCUT2D eigenvalue weighted by atomic mass is 9.84. The topological polar surface area (TPSA) is 50.9 Å². The van der Waals surface area contributed by atoms with Crippen LogP contribution >= 0.6 is 11.3 Å². The fourth-order valence-corrected chi connectivity index (χ4v) is 3.71. The number of nitrogens with two attached hydrogens (primary N) is 1. The van der Waals surface area contributed by atoms with Crippen LogP contribution in [-0.2, 0) is 0 Å². The molecule has 19 heavy (non-hydrogen) atoms. The number of aromatic nitrogens is 1. The van der Waals surface area contributed by atoms with Gasteiger partial charge in [0.15, 0.2) is 0 Å². The lowest BCUT2D eigenvalue weighted by Crippen LogP contribution is -2.26. The van der Waals surface area contributed by atoms with E-state index < -0.39 is 0 Å². The zero-order chi connectivity index (χ0) is 13.2. The zero-order valence-electron chi connectivity index (χ0n) is 11.4. The van der Waals surface area contributed by atoms with E-state index in [-0.39, 0.29) is 0 Å². The van der Waals surface area contributed by atoms with Crippen molar-refractivity contribution in [2.75, 3.05) is 11.1 Å². The number of thiazole rings is 1. The van der Waals surface area contributed by atoms with Crippen LogP contribution < -0.4 is 11.1 Å². The molecule has 102 valence electrons. The molecule has 0 unspecified atom stereocenters. The fraction of sp³-hybridized carbons (Fsp3) is 0.533. The number of nitrogens with one attached hydrogen (secondary N) is 1. The maximum absolute atomic E-state index is 6.22. The smallest absolute Gasteiger partial charge is 0.106 e. The molecule has 1 fully saturated rings. The summed E-state index contributed by atoms with van der Waals surface area (Å²) in [4.78, 5) is 4.35. The molecule has 3 N–H and O–H groups in total. The average Bonchev–Trinajstić information content (AvgIpc) is 2.92. The van der Waals surface area contributed by atoms with E-state index in [9.17, 15) is 0 Å². The highest BCUT2D eigenvalue weighted by Gasteiger charge is 2.20. The highest BCUT2D eigenvalue weighted by Crippen LogP contribution is 2.33. The van der Waals surface area contributed by atoms with E-state index >= 15 is 0 Å². The summed E-state index contributed by atoms with van der Waals surface area (Å²) in [6, 6.07) is 4.78. The van der Waals surface area contributed by atoms with E-state index in [1.165, 1.54) is 32.1 Å². The van der Waals surface area contributed by atoms with Gasteiger partial charge in [0.2, 0.25) is 0 Å². The summed E-state index contributed by atoms with van der Waals surface area (Å²) in [6.07, 6.45) is 6.51. The second kappa shape index (κ2) is 5.37. The van der Waals surface area contributed by atoms with Crippen LogP contribution in [-0.4, -0.2) is 11.0 Å². The predicted molar refractivity (Wildman–Crippen MR) is 83.7 cm³/mol. The van der Waals surface area contributed by atoms with Crippen molar-refractivity contribution in [3.05, 3.63) is 17.6 Å². The summed E-state index contributed by atoms with van der Waals surface area (Å²) in [5.41, 5.74) is 10.9. The molecule has 1 aromatic carbocycles. The Morgan fingerprint density at radius 1 is 1.32 bits per heavy atom. The molecule has 0 bridgehead atoms. The van der Waals surface area contributed by atoms with E-state index in [2.05, 4.69) is 29.4 Å². The minimum Gasteiger partial charge on any atom is -0.395 e. The van der Waals surface area contributed by atoms with Gasteiger partial charge in [-0.1, -0.05) is 13.3 Å². The molecule has 0 atom stereocenters. The monoisotopic (exact) mass is 275 g/mol. The third-order valence-corrected chi connectivity index (χ3v) is 5.12. The lowest BCUT2D eigenvalue weighted by molar-refractivity contribution is 0.330. The van der Waals surface area contributed by atoms with Crippen LogP contribution in [0.2, 0.25) is 0 Å². The summed E-state index contributed by atoms with van der Waals surface area (Å²) < 4.78 is 1.16. The number of nitrogen functional groups attached to an aromatic ring is 1. The molecule has 1 saturated carbocycles. The van der Waals surface area contributed by atoms with Gasteiger partial charge in [0.05, 0.1) is 21.6 Å². The third kappa shape index (κ3) is 2.54. The Morgan fingerprint density at radius 3 is 2.84 bits per heavy atom. The number of rotatable bonds is 3. The van der Waals surface area contributed by atoms with Crippen LogP contribution in [0.15, 0.2) is 17.6 Å². The second-order valence-electron chi connectivity index (χ2n) is 5.50. The van der Waals surface area contributed by atoms with E-state index in [1.54, 1.807) is 11.3 Å². The number of fused-ring (bicyclic) bond motifs is 1. The van der Waals surface area contributed by atoms with E-state index in [4.69, 9.17) is 5.73 Å². The van der Waals surface area contributed by atoms with Gasteiger partial charge < -0.3 is 11.1 Å². The number of hydrogen-bond donors (Lipinski definition) is 2. The SMILES string of the molecule is CCC1CCC(Nc2ccc3scnc3c2N)CC1. The molecule has 0 amide bonds. The summed E-state index contributed by atoms with van der Waals surface area (Å²) in [5.74, 6) is 0.927. The van der Waals surface area contributed by atoms with Gasteiger partial charge in [-0.25, -0.2) is 4.98 Å². The van der Waals surface area contributed by atoms with E-state index in [1.807, 2.05) is 5.51 Å². The first kappa shape index (κ1) is 12.7. The van der Waals surface area contributed by atoms with Crippen LogP contribution in [0.5, 0.6) is 0 Å². The molecule has 0 spiro atoms. The van der Waals surface area contributed by atoms with Gasteiger partial charge in [0.25, 0.3) is 0 Å². The van der Waals surface area contributed by atoms with Crippen LogP contribution in [0, 0.1) is 5.92 Å². The number of hydrogen-bond acceptors (Lipinski definition) is 4. The molecule has 0 saturated heterocycles. The van der Waals surface area contributed by atoms with Crippen molar-refractivity contribution in [3.8, 4) is 0 Å². The molecule has 0 radical (unpaired) electrons. The molecule has 1 aliphatic carbocycles. The predicted octanol–water partition coefficient (Wildman–Crippen LogP) is 4.26. The maximum atomic E-state index is 6.22. The van der Waals surface area contributed by atoms with Crippen LogP contribution in [0.25, 0.3) is 10.2 Å². The molecule has 3 rings (SSSR count). The van der Waals surface area contributed by atoms with Gasteiger partial charge in [-0.2, -0.15) is 0 Å². The average molecular weight is 275 g/mol. The molecule has 1 heterocycles.